The standard InChI is InChI=1S/C15H12NO3/c17-11-13-7-4-8-15(16(18)19)14(13)10-9-12-5-2-1-3-6-12/h1-8H,9-10H2. The summed E-state index contributed by atoms with van der Waals surface area (Å²) in [5, 5.41) is 11.0. The molecule has 0 bridgehead atoms. The molecule has 2 aromatic rings. The van der Waals surface area contributed by atoms with Crippen molar-refractivity contribution in [3.05, 3.63) is 75.3 Å². The van der Waals surface area contributed by atoms with Gasteiger partial charge in [0.15, 0.2) is 0 Å². The Morgan fingerprint density at radius 2 is 1.74 bits per heavy atom. The first kappa shape index (κ1) is 13.0. The minimum atomic E-state index is -0.457. The Hall–Kier alpha value is -2.49. The van der Waals surface area contributed by atoms with Crippen LogP contribution in [0.5, 0.6) is 0 Å². The molecule has 0 aliphatic carbocycles. The predicted molar refractivity (Wildman–Crippen MR) is 71.7 cm³/mol. The van der Waals surface area contributed by atoms with E-state index in [1.807, 2.05) is 30.3 Å². The molecule has 95 valence electrons. The number of nitro groups is 1. The van der Waals surface area contributed by atoms with Crippen molar-refractivity contribution in [1.29, 1.82) is 0 Å². The van der Waals surface area contributed by atoms with Gasteiger partial charge in [-0.15, -0.1) is 0 Å². The van der Waals surface area contributed by atoms with E-state index in [9.17, 15) is 14.9 Å². The van der Waals surface area contributed by atoms with E-state index in [-0.39, 0.29) is 11.3 Å². The molecule has 4 heteroatoms. The summed E-state index contributed by atoms with van der Waals surface area (Å²) >= 11 is 0. The highest BCUT2D eigenvalue weighted by molar-refractivity contribution is 5.80. The molecule has 0 aromatic heterocycles. The van der Waals surface area contributed by atoms with Crippen molar-refractivity contribution in [2.24, 2.45) is 0 Å². The van der Waals surface area contributed by atoms with Crippen molar-refractivity contribution in [3.8, 4) is 0 Å². The summed E-state index contributed by atoms with van der Waals surface area (Å²) in [6.07, 6.45) is 2.88. The van der Waals surface area contributed by atoms with E-state index in [1.165, 1.54) is 12.1 Å². The molecule has 0 aliphatic heterocycles. The third-order valence-corrected chi connectivity index (χ3v) is 2.96. The van der Waals surface area contributed by atoms with Gasteiger partial charge < -0.3 is 0 Å². The highest BCUT2D eigenvalue weighted by atomic mass is 16.6. The monoisotopic (exact) mass is 254 g/mol. The normalized spacial score (nSPS) is 10.1. The lowest BCUT2D eigenvalue weighted by Crippen LogP contribution is -2.02. The van der Waals surface area contributed by atoms with Gasteiger partial charge in [-0.1, -0.05) is 42.5 Å². The zero-order valence-electron chi connectivity index (χ0n) is 10.2. The van der Waals surface area contributed by atoms with Gasteiger partial charge in [-0.05, 0) is 18.4 Å². The molecule has 0 fully saturated rings. The molecule has 2 aromatic carbocycles. The molecule has 19 heavy (non-hydrogen) atoms. The molecule has 0 atom stereocenters. The summed E-state index contributed by atoms with van der Waals surface area (Å²) in [6, 6.07) is 14.1. The third kappa shape index (κ3) is 3.04. The Morgan fingerprint density at radius 3 is 2.37 bits per heavy atom. The Balaban J connectivity index is 2.28. The van der Waals surface area contributed by atoms with Crippen LogP contribution in [-0.4, -0.2) is 11.2 Å². The number of hydrogen-bond donors (Lipinski definition) is 0. The molecule has 0 amide bonds. The summed E-state index contributed by atoms with van der Waals surface area (Å²) in [5.74, 6) is 0. The van der Waals surface area contributed by atoms with E-state index >= 15 is 0 Å². The second kappa shape index (κ2) is 5.91. The van der Waals surface area contributed by atoms with Crippen LogP contribution in [0.25, 0.3) is 0 Å². The molecule has 0 heterocycles. The Kier molecular flexibility index (Phi) is 4.03. The van der Waals surface area contributed by atoms with E-state index < -0.39 is 4.92 Å². The second-order valence-electron chi connectivity index (χ2n) is 4.15. The Labute approximate surface area is 110 Å². The molecule has 0 spiro atoms. The molecule has 2 rings (SSSR count). The molecular weight excluding hydrogens is 242 g/mol. The number of carbonyl (C=O) groups excluding carboxylic acids is 1. The maximum Gasteiger partial charge on any atom is 0.273 e. The number of hydrogen-bond acceptors (Lipinski definition) is 3. The van der Waals surface area contributed by atoms with Gasteiger partial charge in [0, 0.05) is 17.2 Å². The number of nitro benzene ring substituents is 1. The van der Waals surface area contributed by atoms with Crippen LogP contribution in [-0.2, 0) is 17.6 Å². The maximum atomic E-state index is 11.0. The first-order valence-electron chi connectivity index (χ1n) is 5.90. The van der Waals surface area contributed by atoms with Crippen molar-refractivity contribution in [3.63, 3.8) is 0 Å². The van der Waals surface area contributed by atoms with Crippen molar-refractivity contribution in [1.82, 2.24) is 0 Å². The van der Waals surface area contributed by atoms with Crippen LogP contribution in [0, 0.1) is 10.1 Å². The van der Waals surface area contributed by atoms with Crippen LogP contribution in [0.3, 0.4) is 0 Å². The van der Waals surface area contributed by atoms with Gasteiger partial charge in [0.25, 0.3) is 5.69 Å². The fourth-order valence-electron chi connectivity index (χ4n) is 2.02. The van der Waals surface area contributed by atoms with Crippen molar-refractivity contribution in [2.75, 3.05) is 0 Å². The zero-order chi connectivity index (χ0) is 13.7. The average molecular weight is 254 g/mol. The minimum absolute atomic E-state index is 0.0169. The molecule has 0 saturated carbocycles. The summed E-state index contributed by atoms with van der Waals surface area (Å²) < 4.78 is 0. The predicted octanol–water partition coefficient (Wildman–Crippen LogP) is 2.84. The summed E-state index contributed by atoms with van der Waals surface area (Å²) in [7, 11) is 0. The maximum absolute atomic E-state index is 11.0. The van der Waals surface area contributed by atoms with Gasteiger partial charge >= 0.3 is 0 Å². The van der Waals surface area contributed by atoms with Crippen LogP contribution in [0.4, 0.5) is 5.69 Å². The van der Waals surface area contributed by atoms with Gasteiger partial charge in [0.05, 0.1) is 4.92 Å². The van der Waals surface area contributed by atoms with E-state index in [1.54, 1.807) is 12.4 Å². The van der Waals surface area contributed by atoms with Crippen molar-refractivity contribution in [2.45, 2.75) is 12.8 Å². The lowest BCUT2D eigenvalue weighted by atomic mass is 9.99. The van der Waals surface area contributed by atoms with Crippen LogP contribution in [0.15, 0.2) is 48.5 Å². The lowest BCUT2D eigenvalue weighted by molar-refractivity contribution is -0.385. The highest BCUT2D eigenvalue weighted by Gasteiger charge is 2.17. The van der Waals surface area contributed by atoms with Crippen LogP contribution in [0.2, 0.25) is 0 Å². The lowest BCUT2D eigenvalue weighted by Gasteiger charge is -2.05. The van der Waals surface area contributed by atoms with Crippen LogP contribution < -0.4 is 0 Å². The molecule has 1 radical (unpaired) electrons. The van der Waals surface area contributed by atoms with E-state index in [4.69, 9.17) is 0 Å². The SMILES string of the molecule is O=[C]c1cccc([N+](=O)[O-])c1CCc1ccccc1. The molecule has 0 N–H and O–H groups in total. The summed E-state index contributed by atoms with van der Waals surface area (Å²) in [4.78, 5) is 21.4. The topological polar surface area (TPSA) is 60.2 Å². The number of aryl methyl sites for hydroxylation is 1. The number of rotatable bonds is 5. The average Bonchev–Trinajstić information content (AvgIpc) is 2.45. The van der Waals surface area contributed by atoms with E-state index in [0.717, 1.165) is 5.56 Å². The highest BCUT2D eigenvalue weighted by Crippen LogP contribution is 2.23. The molecular formula is C15H12NO3. The molecule has 4 nitrogen and oxygen atoms in total. The van der Waals surface area contributed by atoms with Gasteiger partial charge in [0.1, 0.15) is 0 Å². The fourth-order valence-corrected chi connectivity index (χ4v) is 2.02. The Bertz CT molecular complexity index is 594. The third-order valence-electron chi connectivity index (χ3n) is 2.96. The van der Waals surface area contributed by atoms with E-state index in [2.05, 4.69) is 0 Å². The first-order chi connectivity index (χ1) is 9.22. The zero-order valence-corrected chi connectivity index (χ0v) is 10.2. The quantitative estimate of drug-likeness (QED) is 0.609. The molecule has 0 saturated heterocycles. The van der Waals surface area contributed by atoms with Crippen molar-refractivity contribution >= 4 is 12.0 Å². The molecule has 0 unspecified atom stereocenters. The van der Waals surface area contributed by atoms with Gasteiger partial charge in [-0.25, -0.2) is 0 Å². The van der Waals surface area contributed by atoms with Crippen LogP contribution in [0.1, 0.15) is 16.7 Å². The number of benzene rings is 2. The Morgan fingerprint density at radius 1 is 1.00 bits per heavy atom. The second-order valence-corrected chi connectivity index (χ2v) is 4.15. The van der Waals surface area contributed by atoms with Gasteiger partial charge in [0.2, 0.25) is 6.29 Å². The summed E-state index contributed by atoms with van der Waals surface area (Å²) in [5.41, 5.74) is 1.78. The minimum Gasteiger partial charge on any atom is -0.285 e. The number of nitrogens with zero attached hydrogens (tertiary/aromatic N) is 1. The van der Waals surface area contributed by atoms with Crippen LogP contribution >= 0.6 is 0 Å². The smallest absolute Gasteiger partial charge is 0.273 e. The largest absolute Gasteiger partial charge is 0.285 e. The van der Waals surface area contributed by atoms with Gasteiger partial charge in [-0.3, -0.25) is 14.9 Å². The first-order valence-corrected chi connectivity index (χ1v) is 5.90. The van der Waals surface area contributed by atoms with Gasteiger partial charge in [-0.2, -0.15) is 0 Å². The fraction of sp³-hybridized carbons (Fsp3) is 0.133. The molecule has 0 aliphatic rings. The van der Waals surface area contributed by atoms with Crippen molar-refractivity contribution < 1.29 is 9.72 Å². The van der Waals surface area contributed by atoms with E-state index in [0.29, 0.717) is 18.4 Å². The summed E-state index contributed by atoms with van der Waals surface area (Å²) in [6.45, 7) is 0.